The van der Waals surface area contributed by atoms with E-state index < -0.39 is 17.7 Å². The molecule has 1 N–H and O–H groups in total. The molecule has 0 saturated heterocycles. The molecule has 0 aliphatic carbocycles. The van der Waals surface area contributed by atoms with E-state index in [4.69, 9.17) is 0 Å². The number of hydrogen-bond donors (Lipinski definition) is 1. The molecule has 2 rings (SSSR count). The van der Waals surface area contributed by atoms with Crippen LogP contribution < -0.4 is 5.32 Å². The van der Waals surface area contributed by atoms with Crippen molar-refractivity contribution in [2.75, 3.05) is 6.54 Å². The van der Waals surface area contributed by atoms with Crippen molar-refractivity contribution in [2.24, 2.45) is 0 Å². The zero-order valence-electron chi connectivity index (χ0n) is 11.5. The Hall–Kier alpha value is -1.08. The van der Waals surface area contributed by atoms with Crippen LogP contribution in [0.4, 0.5) is 13.2 Å². The summed E-state index contributed by atoms with van der Waals surface area (Å²) in [5.74, 6) is -1.58. The minimum absolute atomic E-state index is 0.0320. The molecule has 1 nitrogen and oxygen atoms in total. The Balaban J connectivity index is 2.52. The largest absolute Gasteiger partial charge is 0.306 e. The molecule has 21 heavy (non-hydrogen) atoms. The minimum atomic E-state index is -0.640. The maximum Gasteiger partial charge on any atom is 0.131 e. The fourth-order valence-corrected chi connectivity index (χ4v) is 2.97. The molecule has 0 aliphatic heterocycles. The average molecular weight is 405 g/mol. The molecule has 1 atom stereocenters. The average Bonchev–Trinajstić information content (AvgIpc) is 2.43. The highest BCUT2D eigenvalue weighted by Crippen LogP contribution is 2.30. The Morgan fingerprint density at radius 1 is 1.10 bits per heavy atom. The summed E-state index contributed by atoms with van der Waals surface area (Å²) in [6, 6.07) is 7.38. The van der Waals surface area contributed by atoms with Gasteiger partial charge in [-0.25, -0.2) is 13.2 Å². The van der Waals surface area contributed by atoms with Crippen LogP contribution in [0.3, 0.4) is 0 Å². The standard InChI is InChI=1S/C16H15F3IN/c1-2-8-21-16(11-7-6-10(17)9-14(11)20)15-12(18)4-3-5-13(15)19/h3-7,9,16,21H,2,8H2,1H3. The van der Waals surface area contributed by atoms with Gasteiger partial charge in [0.1, 0.15) is 17.5 Å². The van der Waals surface area contributed by atoms with E-state index in [9.17, 15) is 13.2 Å². The fourth-order valence-electron chi connectivity index (χ4n) is 2.18. The zero-order valence-corrected chi connectivity index (χ0v) is 13.6. The predicted molar refractivity (Wildman–Crippen MR) is 85.6 cm³/mol. The van der Waals surface area contributed by atoms with Gasteiger partial charge in [0.05, 0.1) is 6.04 Å². The van der Waals surface area contributed by atoms with E-state index >= 15 is 0 Å². The highest BCUT2D eigenvalue weighted by molar-refractivity contribution is 14.1. The van der Waals surface area contributed by atoms with E-state index in [0.29, 0.717) is 15.7 Å². The lowest BCUT2D eigenvalue weighted by Crippen LogP contribution is -2.26. The summed E-state index contributed by atoms with van der Waals surface area (Å²) in [5, 5.41) is 3.14. The van der Waals surface area contributed by atoms with Crippen molar-refractivity contribution in [1.82, 2.24) is 5.32 Å². The van der Waals surface area contributed by atoms with Gasteiger partial charge >= 0.3 is 0 Å². The molecule has 0 bridgehead atoms. The van der Waals surface area contributed by atoms with Gasteiger partial charge in [-0.2, -0.15) is 0 Å². The van der Waals surface area contributed by atoms with Gasteiger partial charge in [-0.1, -0.05) is 19.1 Å². The third-order valence-corrected chi connectivity index (χ3v) is 4.09. The van der Waals surface area contributed by atoms with Crippen LogP contribution in [0.1, 0.15) is 30.5 Å². The Morgan fingerprint density at radius 3 is 2.33 bits per heavy atom. The predicted octanol–water partition coefficient (Wildman–Crippen LogP) is 4.80. The number of benzene rings is 2. The van der Waals surface area contributed by atoms with Gasteiger partial charge < -0.3 is 5.32 Å². The normalized spacial score (nSPS) is 12.4. The van der Waals surface area contributed by atoms with Crippen molar-refractivity contribution < 1.29 is 13.2 Å². The molecular weight excluding hydrogens is 390 g/mol. The van der Waals surface area contributed by atoms with Gasteiger partial charge in [-0.3, -0.25) is 0 Å². The van der Waals surface area contributed by atoms with Gasteiger partial charge in [-0.15, -0.1) is 0 Å². The maximum atomic E-state index is 14.1. The highest BCUT2D eigenvalue weighted by Gasteiger charge is 2.23. The summed E-state index contributed by atoms with van der Waals surface area (Å²) in [6.45, 7) is 2.57. The first-order chi connectivity index (χ1) is 10.0. The first-order valence-electron chi connectivity index (χ1n) is 6.66. The van der Waals surface area contributed by atoms with Crippen molar-refractivity contribution in [2.45, 2.75) is 19.4 Å². The molecule has 0 aliphatic rings. The summed E-state index contributed by atoms with van der Waals surface area (Å²) in [4.78, 5) is 0. The van der Waals surface area contributed by atoms with E-state index in [1.54, 1.807) is 6.07 Å². The highest BCUT2D eigenvalue weighted by atomic mass is 127. The summed E-state index contributed by atoms with van der Waals surface area (Å²) >= 11 is 1.98. The first-order valence-corrected chi connectivity index (χ1v) is 7.74. The second kappa shape index (κ2) is 7.26. The second-order valence-corrected chi connectivity index (χ2v) is 5.85. The van der Waals surface area contributed by atoms with Crippen LogP contribution in [0.5, 0.6) is 0 Å². The third kappa shape index (κ3) is 3.77. The molecule has 0 saturated carbocycles. The van der Waals surface area contributed by atoms with Crippen LogP contribution in [0.15, 0.2) is 36.4 Å². The molecule has 2 aromatic rings. The number of rotatable bonds is 5. The lowest BCUT2D eigenvalue weighted by atomic mass is 9.97. The van der Waals surface area contributed by atoms with E-state index in [0.717, 1.165) is 6.42 Å². The molecule has 1 unspecified atom stereocenters. The van der Waals surface area contributed by atoms with E-state index in [1.807, 2.05) is 29.5 Å². The molecule has 2 aromatic carbocycles. The van der Waals surface area contributed by atoms with Gasteiger partial charge in [0.25, 0.3) is 0 Å². The first kappa shape index (κ1) is 16.3. The molecule has 0 radical (unpaired) electrons. The summed E-state index contributed by atoms with van der Waals surface area (Å²) in [6.07, 6.45) is 0.824. The number of halogens is 4. The van der Waals surface area contributed by atoms with Crippen molar-refractivity contribution in [3.8, 4) is 0 Å². The van der Waals surface area contributed by atoms with E-state index in [1.165, 1.54) is 30.3 Å². The fraction of sp³-hybridized carbons (Fsp3) is 0.250. The minimum Gasteiger partial charge on any atom is -0.306 e. The molecule has 0 fully saturated rings. The number of hydrogen-bond acceptors (Lipinski definition) is 1. The molecule has 5 heteroatoms. The Bertz CT molecular complexity index is 611. The molecule has 0 spiro atoms. The summed E-state index contributed by atoms with van der Waals surface area (Å²) in [7, 11) is 0. The van der Waals surface area contributed by atoms with Crippen LogP contribution in [0.25, 0.3) is 0 Å². The number of nitrogens with one attached hydrogen (secondary N) is 1. The SMILES string of the molecule is CCCNC(c1ccc(F)cc1I)c1c(F)cccc1F. The monoisotopic (exact) mass is 405 g/mol. The van der Waals surface area contributed by atoms with Crippen LogP contribution in [-0.2, 0) is 0 Å². The van der Waals surface area contributed by atoms with Gasteiger partial charge in [-0.05, 0) is 65.4 Å². The van der Waals surface area contributed by atoms with Crippen molar-refractivity contribution in [1.29, 1.82) is 0 Å². The third-order valence-electron chi connectivity index (χ3n) is 3.16. The molecule has 0 heterocycles. The Morgan fingerprint density at radius 2 is 1.76 bits per heavy atom. The van der Waals surface area contributed by atoms with Gasteiger partial charge in [0.15, 0.2) is 0 Å². The Labute approximate surface area is 135 Å². The van der Waals surface area contributed by atoms with Gasteiger partial charge in [0.2, 0.25) is 0 Å². The molecule has 0 aromatic heterocycles. The van der Waals surface area contributed by atoms with Crippen LogP contribution in [0.2, 0.25) is 0 Å². The second-order valence-electron chi connectivity index (χ2n) is 4.69. The van der Waals surface area contributed by atoms with Crippen LogP contribution in [-0.4, -0.2) is 6.54 Å². The van der Waals surface area contributed by atoms with Crippen LogP contribution >= 0.6 is 22.6 Å². The van der Waals surface area contributed by atoms with Crippen LogP contribution in [0, 0.1) is 21.0 Å². The molecule has 0 amide bonds. The lowest BCUT2D eigenvalue weighted by molar-refractivity contribution is 0.501. The van der Waals surface area contributed by atoms with E-state index in [2.05, 4.69) is 5.32 Å². The lowest BCUT2D eigenvalue weighted by Gasteiger charge is -2.22. The topological polar surface area (TPSA) is 12.0 Å². The van der Waals surface area contributed by atoms with Gasteiger partial charge in [0, 0.05) is 9.13 Å². The van der Waals surface area contributed by atoms with E-state index in [-0.39, 0.29) is 11.4 Å². The van der Waals surface area contributed by atoms with Crippen molar-refractivity contribution in [3.63, 3.8) is 0 Å². The maximum absolute atomic E-state index is 14.1. The molecular formula is C16H15F3IN. The molecule has 112 valence electrons. The van der Waals surface area contributed by atoms with Crippen molar-refractivity contribution >= 4 is 22.6 Å². The smallest absolute Gasteiger partial charge is 0.131 e. The quantitative estimate of drug-likeness (QED) is 0.705. The Kier molecular flexibility index (Phi) is 5.64. The zero-order chi connectivity index (χ0) is 15.4. The summed E-state index contributed by atoms with van der Waals surface area (Å²) < 4.78 is 42.0. The van der Waals surface area contributed by atoms with Crippen molar-refractivity contribution in [3.05, 3.63) is 68.5 Å². The summed E-state index contributed by atoms with van der Waals surface area (Å²) in [5.41, 5.74) is 0.630.